The monoisotopic (exact) mass is 283 g/mol. The van der Waals surface area contributed by atoms with Crippen LogP contribution in [0.25, 0.3) is 0 Å². The Bertz CT molecular complexity index is 433. The SMILES string of the molecule is CCCCCCN=C(N)NCCc1cc(F)ccc1F. The molecule has 0 spiro atoms. The van der Waals surface area contributed by atoms with Gasteiger partial charge in [0, 0.05) is 13.1 Å². The summed E-state index contributed by atoms with van der Waals surface area (Å²) in [6.07, 6.45) is 4.95. The van der Waals surface area contributed by atoms with Crippen molar-refractivity contribution in [2.45, 2.75) is 39.0 Å². The highest BCUT2D eigenvalue weighted by molar-refractivity contribution is 5.77. The maximum atomic E-state index is 13.4. The van der Waals surface area contributed by atoms with Crippen LogP contribution in [0.15, 0.2) is 23.2 Å². The topological polar surface area (TPSA) is 50.4 Å². The summed E-state index contributed by atoms with van der Waals surface area (Å²) in [6.45, 7) is 3.29. The first-order valence-corrected chi connectivity index (χ1v) is 7.11. The summed E-state index contributed by atoms with van der Waals surface area (Å²) in [4.78, 5) is 4.18. The van der Waals surface area contributed by atoms with Crippen LogP contribution in [-0.4, -0.2) is 19.0 Å². The number of hydrogen-bond donors (Lipinski definition) is 2. The average Bonchev–Trinajstić information content (AvgIpc) is 2.42. The lowest BCUT2D eigenvalue weighted by atomic mass is 10.1. The van der Waals surface area contributed by atoms with E-state index >= 15 is 0 Å². The zero-order valence-corrected chi connectivity index (χ0v) is 12.0. The number of nitrogens with zero attached hydrogens (tertiary/aromatic N) is 1. The first kappa shape index (κ1) is 16.4. The Balaban J connectivity index is 2.25. The van der Waals surface area contributed by atoms with Crippen molar-refractivity contribution in [3.63, 3.8) is 0 Å². The predicted molar refractivity (Wildman–Crippen MR) is 78.7 cm³/mol. The van der Waals surface area contributed by atoms with Crippen LogP contribution in [0.1, 0.15) is 38.2 Å². The molecule has 0 amide bonds. The highest BCUT2D eigenvalue weighted by atomic mass is 19.1. The van der Waals surface area contributed by atoms with E-state index in [1.54, 1.807) is 0 Å². The van der Waals surface area contributed by atoms with Gasteiger partial charge in [0.25, 0.3) is 0 Å². The standard InChI is InChI=1S/C15H23F2N3/c1-2-3-4-5-9-19-15(18)20-10-8-12-11-13(16)6-7-14(12)17/h6-7,11H,2-5,8-10H2,1H3,(H3,18,19,20). The molecule has 0 saturated carbocycles. The Morgan fingerprint density at radius 1 is 1.25 bits per heavy atom. The largest absolute Gasteiger partial charge is 0.370 e. The zero-order valence-electron chi connectivity index (χ0n) is 12.0. The van der Waals surface area contributed by atoms with Gasteiger partial charge in [0.2, 0.25) is 0 Å². The van der Waals surface area contributed by atoms with Crippen LogP contribution in [0.3, 0.4) is 0 Å². The summed E-state index contributed by atoms with van der Waals surface area (Å²) < 4.78 is 26.3. The second-order valence-corrected chi connectivity index (χ2v) is 4.74. The van der Waals surface area contributed by atoms with E-state index in [2.05, 4.69) is 17.2 Å². The van der Waals surface area contributed by atoms with Crippen LogP contribution in [0, 0.1) is 11.6 Å². The van der Waals surface area contributed by atoms with Crippen molar-refractivity contribution in [1.82, 2.24) is 5.32 Å². The molecule has 1 rings (SSSR count). The fourth-order valence-corrected chi connectivity index (χ4v) is 1.85. The molecule has 5 heteroatoms. The smallest absolute Gasteiger partial charge is 0.188 e. The Kier molecular flexibility index (Phi) is 7.62. The quantitative estimate of drug-likeness (QED) is 0.438. The normalized spacial score (nSPS) is 11.7. The van der Waals surface area contributed by atoms with E-state index in [0.29, 0.717) is 31.0 Å². The van der Waals surface area contributed by atoms with Gasteiger partial charge < -0.3 is 11.1 Å². The molecule has 0 unspecified atom stereocenters. The number of nitrogens with one attached hydrogen (secondary N) is 1. The average molecular weight is 283 g/mol. The minimum Gasteiger partial charge on any atom is -0.370 e. The third-order valence-electron chi connectivity index (χ3n) is 3.00. The fraction of sp³-hybridized carbons (Fsp3) is 0.533. The Morgan fingerprint density at radius 3 is 2.80 bits per heavy atom. The van der Waals surface area contributed by atoms with E-state index in [1.165, 1.54) is 18.9 Å². The molecule has 0 atom stereocenters. The second kappa shape index (κ2) is 9.28. The molecule has 0 radical (unpaired) electrons. The van der Waals surface area contributed by atoms with Crippen molar-refractivity contribution in [2.75, 3.05) is 13.1 Å². The molecule has 0 aromatic heterocycles. The molecule has 1 aromatic carbocycles. The maximum Gasteiger partial charge on any atom is 0.188 e. The molecule has 1 aromatic rings. The summed E-state index contributed by atoms with van der Waals surface area (Å²) in [5.41, 5.74) is 6.03. The van der Waals surface area contributed by atoms with Gasteiger partial charge in [0.05, 0.1) is 0 Å². The fourth-order valence-electron chi connectivity index (χ4n) is 1.85. The highest BCUT2D eigenvalue weighted by Gasteiger charge is 2.03. The molecule has 0 aliphatic carbocycles. The first-order valence-electron chi connectivity index (χ1n) is 7.11. The van der Waals surface area contributed by atoms with Crippen LogP contribution in [0.2, 0.25) is 0 Å². The van der Waals surface area contributed by atoms with E-state index in [4.69, 9.17) is 5.73 Å². The number of halogens is 2. The van der Waals surface area contributed by atoms with Crippen LogP contribution in [0.5, 0.6) is 0 Å². The van der Waals surface area contributed by atoms with Crippen molar-refractivity contribution >= 4 is 5.96 Å². The molecule has 112 valence electrons. The lowest BCUT2D eigenvalue weighted by molar-refractivity contribution is 0.583. The summed E-state index contributed by atoms with van der Waals surface area (Å²) in [7, 11) is 0. The molecule has 0 bridgehead atoms. The van der Waals surface area contributed by atoms with Crippen molar-refractivity contribution in [2.24, 2.45) is 10.7 Å². The van der Waals surface area contributed by atoms with Gasteiger partial charge in [0.1, 0.15) is 11.6 Å². The number of unbranched alkanes of at least 4 members (excludes halogenated alkanes) is 3. The molecule has 0 fully saturated rings. The van der Waals surface area contributed by atoms with Gasteiger partial charge in [0.15, 0.2) is 5.96 Å². The number of rotatable bonds is 8. The van der Waals surface area contributed by atoms with E-state index in [-0.39, 0.29) is 0 Å². The van der Waals surface area contributed by atoms with Gasteiger partial charge in [-0.05, 0) is 36.6 Å². The van der Waals surface area contributed by atoms with Gasteiger partial charge in [-0.2, -0.15) is 0 Å². The predicted octanol–water partition coefficient (Wildman–Crippen LogP) is 2.99. The van der Waals surface area contributed by atoms with Crippen LogP contribution >= 0.6 is 0 Å². The molecule has 3 N–H and O–H groups in total. The number of hydrogen-bond acceptors (Lipinski definition) is 1. The van der Waals surface area contributed by atoms with Gasteiger partial charge in [-0.3, -0.25) is 4.99 Å². The Morgan fingerprint density at radius 2 is 2.05 bits per heavy atom. The van der Waals surface area contributed by atoms with Gasteiger partial charge >= 0.3 is 0 Å². The number of guanidine groups is 1. The van der Waals surface area contributed by atoms with Crippen molar-refractivity contribution in [1.29, 1.82) is 0 Å². The van der Waals surface area contributed by atoms with E-state index in [9.17, 15) is 8.78 Å². The lowest BCUT2D eigenvalue weighted by Gasteiger charge is -2.07. The highest BCUT2D eigenvalue weighted by Crippen LogP contribution is 2.09. The molecular formula is C15H23F2N3. The van der Waals surface area contributed by atoms with E-state index in [0.717, 1.165) is 25.0 Å². The maximum absolute atomic E-state index is 13.4. The summed E-state index contributed by atoms with van der Waals surface area (Å²) in [5.74, 6) is -0.472. The third-order valence-corrected chi connectivity index (χ3v) is 3.00. The summed E-state index contributed by atoms with van der Waals surface area (Å²) in [5, 5.41) is 2.91. The lowest BCUT2D eigenvalue weighted by Crippen LogP contribution is -2.33. The molecule has 20 heavy (non-hydrogen) atoms. The summed E-state index contributed by atoms with van der Waals surface area (Å²) >= 11 is 0. The molecular weight excluding hydrogens is 260 g/mol. The van der Waals surface area contributed by atoms with Gasteiger partial charge in [-0.1, -0.05) is 26.2 Å². The second-order valence-electron chi connectivity index (χ2n) is 4.74. The van der Waals surface area contributed by atoms with Crippen molar-refractivity contribution in [3.8, 4) is 0 Å². The Hall–Kier alpha value is -1.65. The molecule has 0 aliphatic heterocycles. The number of nitrogens with two attached hydrogens (primary N) is 1. The van der Waals surface area contributed by atoms with Crippen LogP contribution in [0.4, 0.5) is 8.78 Å². The first-order chi connectivity index (χ1) is 9.63. The zero-order chi connectivity index (χ0) is 14.8. The number of benzene rings is 1. The molecule has 0 saturated heterocycles. The van der Waals surface area contributed by atoms with Gasteiger partial charge in [-0.15, -0.1) is 0 Å². The Labute approximate surface area is 119 Å². The van der Waals surface area contributed by atoms with Crippen LogP contribution < -0.4 is 11.1 Å². The van der Waals surface area contributed by atoms with Crippen molar-refractivity contribution < 1.29 is 8.78 Å². The van der Waals surface area contributed by atoms with Crippen molar-refractivity contribution in [3.05, 3.63) is 35.4 Å². The van der Waals surface area contributed by atoms with Gasteiger partial charge in [-0.25, -0.2) is 8.78 Å². The third kappa shape index (κ3) is 6.50. The number of aliphatic imine (C=N–C) groups is 1. The van der Waals surface area contributed by atoms with E-state index < -0.39 is 11.6 Å². The molecule has 0 heterocycles. The molecule has 0 aliphatic rings. The summed E-state index contributed by atoms with van der Waals surface area (Å²) in [6, 6.07) is 3.45. The minimum atomic E-state index is -0.432. The van der Waals surface area contributed by atoms with Crippen LogP contribution in [-0.2, 0) is 6.42 Å². The van der Waals surface area contributed by atoms with E-state index in [1.807, 2.05) is 0 Å². The minimum absolute atomic E-state index is 0.341. The molecule has 3 nitrogen and oxygen atoms in total.